The van der Waals surface area contributed by atoms with E-state index in [1.165, 1.54) is 0 Å². The van der Waals surface area contributed by atoms with E-state index in [2.05, 4.69) is 26.3 Å². The molecule has 6 nitrogen and oxygen atoms in total. The number of anilines is 2. The fourth-order valence-corrected chi connectivity index (χ4v) is 2.74. The number of alkyl carbamates (subject to hydrolysis) is 1. The van der Waals surface area contributed by atoms with E-state index in [0.717, 1.165) is 22.1 Å². The lowest BCUT2D eigenvalue weighted by molar-refractivity contribution is 0.0529. The van der Waals surface area contributed by atoms with Crippen LogP contribution in [-0.2, 0) is 4.74 Å². The van der Waals surface area contributed by atoms with Crippen LogP contribution in [0.4, 0.5) is 16.2 Å². The lowest BCUT2D eigenvalue weighted by atomic mass is 10.1. The minimum atomic E-state index is -0.514. The highest BCUT2D eigenvalue weighted by Gasteiger charge is 2.16. The first-order chi connectivity index (χ1) is 12.9. The second kappa shape index (κ2) is 8.03. The van der Waals surface area contributed by atoms with E-state index in [1.807, 2.05) is 63.5 Å². The SMILES string of the molecule is CC(C)(C)OC(=O)NCCN(c1cccnc1)c1ccc2cnccc2c1. The molecule has 6 heteroatoms. The van der Waals surface area contributed by atoms with Gasteiger partial charge >= 0.3 is 6.09 Å². The molecule has 0 saturated heterocycles. The fourth-order valence-electron chi connectivity index (χ4n) is 2.74. The topological polar surface area (TPSA) is 67.3 Å². The lowest BCUT2D eigenvalue weighted by Crippen LogP contribution is -2.36. The maximum Gasteiger partial charge on any atom is 0.407 e. The molecule has 1 aromatic carbocycles. The van der Waals surface area contributed by atoms with Gasteiger partial charge < -0.3 is 15.0 Å². The quantitative estimate of drug-likeness (QED) is 0.731. The number of carbonyl (C=O) groups is 1. The normalized spacial score (nSPS) is 11.2. The first kappa shape index (κ1) is 18.6. The number of nitrogens with one attached hydrogen (secondary N) is 1. The van der Waals surface area contributed by atoms with Crippen molar-refractivity contribution in [2.24, 2.45) is 0 Å². The van der Waals surface area contributed by atoms with Crippen molar-refractivity contribution in [1.82, 2.24) is 15.3 Å². The number of aromatic nitrogens is 2. The summed E-state index contributed by atoms with van der Waals surface area (Å²) in [4.78, 5) is 22.4. The van der Waals surface area contributed by atoms with E-state index in [9.17, 15) is 4.79 Å². The number of fused-ring (bicyclic) bond motifs is 1. The summed E-state index contributed by atoms with van der Waals surface area (Å²) in [5.74, 6) is 0. The molecular formula is C21H24N4O2. The summed E-state index contributed by atoms with van der Waals surface area (Å²) in [6, 6.07) is 12.1. The Morgan fingerprint density at radius 1 is 1.04 bits per heavy atom. The van der Waals surface area contributed by atoms with Crippen molar-refractivity contribution in [1.29, 1.82) is 0 Å². The van der Waals surface area contributed by atoms with Crippen LogP contribution in [0.2, 0.25) is 0 Å². The van der Waals surface area contributed by atoms with Crippen LogP contribution >= 0.6 is 0 Å². The Morgan fingerprint density at radius 3 is 2.59 bits per heavy atom. The number of pyridine rings is 2. The third kappa shape index (κ3) is 5.17. The smallest absolute Gasteiger partial charge is 0.407 e. The lowest BCUT2D eigenvalue weighted by Gasteiger charge is -2.26. The molecule has 140 valence electrons. The monoisotopic (exact) mass is 364 g/mol. The van der Waals surface area contributed by atoms with Crippen LogP contribution in [0.3, 0.4) is 0 Å². The molecule has 2 aromatic heterocycles. The zero-order valence-electron chi connectivity index (χ0n) is 15.8. The number of amides is 1. The van der Waals surface area contributed by atoms with Crippen molar-refractivity contribution in [2.75, 3.05) is 18.0 Å². The summed E-state index contributed by atoms with van der Waals surface area (Å²) < 4.78 is 5.30. The molecule has 2 heterocycles. The number of benzene rings is 1. The molecule has 0 radical (unpaired) electrons. The van der Waals surface area contributed by atoms with Gasteiger partial charge in [-0.1, -0.05) is 6.07 Å². The minimum Gasteiger partial charge on any atom is -0.444 e. The summed E-state index contributed by atoms with van der Waals surface area (Å²) in [6.45, 7) is 6.56. The Kier molecular flexibility index (Phi) is 5.54. The summed E-state index contributed by atoms with van der Waals surface area (Å²) in [7, 11) is 0. The van der Waals surface area contributed by atoms with Gasteiger partial charge in [0.05, 0.1) is 11.9 Å². The van der Waals surface area contributed by atoms with Gasteiger partial charge in [-0.15, -0.1) is 0 Å². The molecule has 0 spiro atoms. The Morgan fingerprint density at radius 2 is 1.85 bits per heavy atom. The van der Waals surface area contributed by atoms with Gasteiger partial charge in [0.15, 0.2) is 0 Å². The zero-order valence-corrected chi connectivity index (χ0v) is 15.8. The van der Waals surface area contributed by atoms with Crippen LogP contribution in [0.5, 0.6) is 0 Å². The first-order valence-corrected chi connectivity index (χ1v) is 8.90. The highest BCUT2D eigenvalue weighted by molar-refractivity contribution is 5.86. The van der Waals surface area contributed by atoms with Gasteiger partial charge in [0.25, 0.3) is 0 Å². The molecule has 0 unspecified atom stereocenters. The van der Waals surface area contributed by atoms with Crippen molar-refractivity contribution >= 4 is 28.2 Å². The van der Waals surface area contributed by atoms with Gasteiger partial charge in [-0.3, -0.25) is 9.97 Å². The van der Waals surface area contributed by atoms with Gasteiger partial charge in [-0.2, -0.15) is 0 Å². The molecule has 0 saturated carbocycles. The van der Waals surface area contributed by atoms with Gasteiger partial charge in [0, 0.05) is 42.8 Å². The third-order valence-corrected chi connectivity index (χ3v) is 3.90. The Balaban J connectivity index is 1.78. The third-order valence-electron chi connectivity index (χ3n) is 3.90. The van der Waals surface area contributed by atoms with E-state index in [4.69, 9.17) is 4.74 Å². The van der Waals surface area contributed by atoms with E-state index in [0.29, 0.717) is 13.1 Å². The highest BCUT2D eigenvalue weighted by atomic mass is 16.6. The Hall–Kier alpha value is -3.15. The average molecular weight is 364 g/mol. The van der Waals surface area contributed by atoms with Gasteiger partial charge in [0.1, 0.15) is 5.60 Å². The number of ether oxygens (including phenoxy) is 1. The molecule has 0 aliphatic rings. The van der Waals surface area contributed by atoms with Crippen LogP contribution in [0.25, 0.3) is 10.8 Å². The summed E-state index contributed by atoms with van der Waals surface area (Å²) in [6.07, 6.45) is 6.76. The van der Waals surface area contributed by atoms with Crippen LogP contribution in [0.15, 0.2) is 61.2 Å². The predicted molar refractivity (Wildman–Crippen MR) is 107 cm³/mol. The maximum absolute atomic E-state index is 11.9. The summed E-state index contributed by atoms with van der Waals surface area (Å²) in [5, 5.41) is 5.00. The van der Waals surface area contributed by atoms with Gasteiger partial charge in [-0.05, 0) is 56.5 Å². The van der Waals surface area contributed by atoms with E-state index < -0.39 is 11.7 Å². The molecule has 27 heavy (non-hydrogen) atoms. The maximum atomic E-state index is 11.9. The van der Waals surface area contributed by atoms with Gasteiger partial charge in [-0.25, -0.2) is 4.79 Å². The fraction of sp³-hybridized carbons (Fsp3) is 0.286. The number of hydrogen-bond acceptors (Lipinski definition) is 5. The Labute approximate surface area is 159 Å². The van der Waals surface area contributed by atoms with Crippen molar-refractivity contribution in [2.45, 2.75) is 26.4 Å². The number of nitrogens with zero attached hydrogens (tertiary/aromatic N) is 3. The molecule has 0 fully saturated rings. The summed E-state index contributed by atoms with van der Waals surface area (Å²) in [5.41, 5.74) is 1.46. The molecule has 1 amide bonds. The van der Waals surface area contributed by atoms with E-state index >= 15 is 0 Å². The molecular weight excluding hydrogens is 340 g/mol. The molecule has 0 aliphatic carbocycles. The second-order valence-electron chi connectivity index (χ2n) is 7.20. The Bertz CT molecular complexity index is 907. The zero-order chi connectivity index (χ0) is 19.3. The summed E-state index contributed by atoms with van der Waals surface area (Å²) >= 11 is 0. The number of carbonyl (C=O) groups excluding carboxylic acids is 1. The van der Waals surface area contributed by atoms with Crippen LogP contribution in [0.1, 0.15) is 20.8 Å². The van der Waals surface area contributed by atoms with Crippen molar-refractivity contribution in [3.8, 4) is 0 Å². The minimum absolute atomic E-state index is 0.418. The molecule has 3 aromatic rings. The van der Waals surface area contributed by atoms with Crippen LogP contribution < -0.4 is 10.2 Å². The standard InChI is InChI=1S/C21H24N4O2/c1-21(2,3)27-20(26)24-11-12-25(19-5-4-9-22-15-19)18-7-6-17-14-23-10-8-16(17)13-18/h4-10,13-15H,11-12H2,1-3H3,(H,24,26). The molecule has 0 aliphatic heterocycles. The number of hydrogen-bond donors (Lipinski definition) is 1. The number of rotatable bonds is 5. The van der Waals surface area contributed by atoms with E-state index in [1.54, 1.807) is 12.4 Å². The van der Waals surface area contributed by atoms with Crippen molar-refractivity contribution in [3.05, 3.63) is 61.2 Å². The van der Waals surface area contributed by atoms with Crippen molar-refractivity contribution < 1.29 is 9.53 Å². The van der Waals surface area contributed by atoms with Crippen molar-refractivity contribution in [3.63, 3.8) is 0 Å². The second-order valence-corrected chi connectivity index (χ2v) is 7.20. The largest absolute Gasteiger partial charge is 0.444 e. The highest BCUT2D eigenvalue weighted by Crippen LogP contribution is 2.27. The average Bonchev–Trinajstić information content (AvgIpc) is 2.64. The van der Waals surface area contributed by atoms with Crippen LogP contribution in [-0.4, -0.2) is 34.8 Å². The predicted octanol–water partition coefficient (Wildman–Crippen LogP) is 4.29. The van der Waals surface area contributed by atoms with Gasteiger partial charge in [0.2, 0.25) is 0 Å². The molecule has 0 bridgehead atoms. The molecule has 0 atom stereocenters. The molecule has 3 rings (SSSR count). The first-order valence-electron chi connectivity index (χ1n) is 8.90. The molecule has 1 N–H and O–H groups in total. The van der Waals surface area contributed by atoms with Crippen LogP contribution in [0, 0.1) is 0 Å². The van der Waals surface area contributed by atoms with E-state index in [-0.39, 0.29) is 0 Å².